The second-order valence-corrected chi connectivity index (χ2v) is 8.58. The molecule has 0 unspecified atom stereocenters. The fourth-order valence-corrected chi connectivity index (χ4v) is 4.96. The number of ether oxygens (including phenoxy) is 1. The summed E-state index contributed by atoms with van der Waals surface area (Å²) in [5.74, 6) is -0.652. The van der Waals surface area contributed by atoms with Gasteiger partial charge in [-0.1, -0.05) is 23.5 Å². The minimum Gasteiger partial charge on any atom is -0.379 e. The molecule has 1 amide bonds. The summed E-state index contributed by atoms with van der Waals surface area (Å²) in [5.41, 5.74) is 1.24. The first-order chi connectivity index (χ1) is 14.2. The van der Waals surface area contributed by atoms with Gasteiger partial charge in [-0.25, -0.2) is 9.37 Å². The number of amides is 1. The Labute approximate surface area is 177 Å². The minimum atomic E-state index is -0.419. The van der Waals surface area contributed by atoms with Crippen LogP contribution in [0.15, 0.2) is 47.4 Å². The molecule has 1 saturated heterocycles. The Morgan fingerprint density at radius 3 is 2.83 bits per heavy atom. The van der Waals surface area contributed by atoms with E-state index in [9.17, 15) is 9.18 Å². The quantitative estimate of drug-likeness (QED) is 0.549. The van der Waals surface area contributed by atoms with Gasteiger partial charge in [-0.15, -0.1) is 11.8 Å². The van der Waals surface area contributed by atoms with E-state index in [0.29, 0.717) is 30.5 Å². The van der Waals surface area contributed by atoms with Crippen LogP contribution in [-0.4, -0.2) is 61.4 Å². The zero-order valence-electron chi connectivity index (χ0n) is 16.1. The lowest BCUT2D eigenvalue weighted by atomic mass is 10.2. The molecule has 0 saturated carbocycles. The van der Waals surface area contributed by atoms with Gasteiger partial charge in [0.15, 0.2) is 5.13 Å². The molecule has 4 rings (SSSR count). The van der Waals surface area contributed by atoms with E-state index >= 15 is 0 Å². The molecule has 1 aliphatic rings. The maximum atomic E-state index is 13.7. The molecular formula is C21H22FN3O2S2. The number of carbonyl (C=O) groups is 1. The zero-order chi connectivity index (χ0) is 20.2. The van der Waals surface area contributed by atoms with E-state index < -0.39 is 5.82 Å². The van der Waals surface area contributed by atoms with E-state index in [1.54, 1.807) is 28.8 Å². The minimum absolute atomic E-state index is 0.234. The van der Waals surface area contributed by atoms with Crippen LogP contribution in [0.3, 0.4) is 0 Å². The molecule has 152 valence electrons. The molecule has 0 radical (unpaired) electrons. The first kappa shape index (κ1) is 20.3. The van der Waals surface area contributed by atoms with Crippen molar-refractivity contribution in [2.45, 2.75) is 4.90 Å². The molecule has 0 N–H and O–H groups in total. The van der Waals surface area contributed by atoms with Crippen LogP contribution in [0.25, 0.3) is 10.2 Å². The highest BCUT2D eigenvalue weighted by Gasteiger charge is 2.23. The lowest BCUT2D eigenvalue weighted by Gasteiger charge is -2.29. The van der Waals surface area contributed by atoms with Crippen molar-refractivity contribution in [3.05, 3.63) is 53.8 Å². The molecule has 1 fully saturated rings. The predicted molar refractivity (Wildman–Crippen MR) is 117 cm³/mol. The van der Waals surface area contributed by atoms with Crippen LogP contribution >= 0.6 is 23.1 Å². The van der Waals surface area contributed by atoms with Gasteiger partial charge in [-0.3, -0.25) is 14.6 Å². The monoisotopic (exact) mass is 431 g/mol. The summed E-state index contributed by atoms with van der Waals surface area (Å²) in [6, 6.07) is 11.9. The molecule has 29 heavy (non-hydrogen) atoms. The van der Waals surface area contributed by atoms with Crippen molar-refractivity contribution in [2.24, 2.45) is 0 Å². The molecule has 5 nitrogen and oxygen atoms in total. The Hall–Kier alpha value is -2.00. The summed E-state index contributed by atoms with van der Waals surface area (Å²) in [6.45, 7) is 4.31. The van der Waals surface area contributed by atoms with Crippen LogP contribution < -0.4 is 4.90 Å². The maximum absolute atomic E-state index is 13.7. The zero-order valence-corrected chi connectivity index (χ0v) is 17.8. The van der Waals surface area contributed by atoms with Gasteiger partial charge in [0.05, 0.1) is 23.4 Å². The number of para-hydroxylation sites is 1. The Kier molecular flexibility index (Phi) is 6.44. The topological polar surface area (TPSA) is 45.7 Å². The maximum Gasteiger partial charge on any atom is 0.260 e. The fraction of sp³-hybridized carbons (Fsp3) is 0.333. The van der Waals surface area contributed by atoms with E-state index in [1.165, 1.54) is 23.5 Å². The van der Waals surface area contributed by atoms with Gasteiger partial charge in [0.2, 0.25) is 0 Å². The van der Waals surface area contributed by atoms with Crippen LogP contribution in [0.1, 0.15) is 10.4 Å². The number of fused-ring (bicyclic) bond motifs is 1. The van der Waals surface area contributed by atoms with Crippen molar-refractivity contribution >= 4 is 44.4 Å². The Morgan fingerprint density at radius 1 is 1.28 bits per heavy atom. The average molecular weight is 432 g/mol. The van der Waals surface area contributed by atoms with Crippen LogP contribution in [0.5, 0.6) is 0 Å². The molecule has 0 bridgehead atoms. The molecule has 0 aliphatic carbocycles. The molecule has 2 aromatic carbocycles. The normalized spacial score (nSPS) is 15.0. The molecule has 0 atom stereocenters. The lowest BCUT2D eigenvalue weighted by molar-refractivity contribution is 0.0391. The van der Waals surface area contributed by atoms with E-state index in [2.05, 4.69) is 4.90 Å². The van der Waals surface area contributed by atoms with Gasteiger partial charge in [0.1, 0.15) is 5.82 Å². The lowest BCUT2D eigenvalue weighted by Crippen LogP contribution is -2.43. The van der Waals surface area contributed by atoms with Gasteiger partial charge in [-0.05, 0) is 36.6 Å². The molecule has 8 heteroatoms. The van der Waals surface area contributed by atoms with Crippen LogP contribution in [0.2, 0.25) is 0 Å². The van der Waals surface area contributed by atoms with E-state index in [-0.39, 0.29) is 5.91 Å². The summed E-state index contributed by atoms with van der Waals surface area (Å²) in [7, 11) is 0. The number of nitrogens with zero attached hydrogens (tertiary/aromatic N) is 3. The van der Waals surface area contributed by atoms with Crippen molar-refractivity contribution in [1.82, 2.24) is 9.88 Å². The number of aromatic nitrogens is 1. The second-order valence-electron chi connectivity index (χ2n) is 6.72. The number of anilines is 1. The van der Waals surface area contributed by atoms with Gasteiger partial charge < -0.3 is 4.74 Å². The summed E-state index contributed by atoms with van der Waals surface area (Å²) >= 11 is 3.13. The number of thioether (sulfide) groups is 1. The SMILES string of the molecule is CSc1cccc2sc(N(CCN3CCOCC3)C(=O)c3cccc(F)c3)nc12. The van der Waals surface area contributed by atoms with E-state index in [1.807, 2.05) is 24.5 Å². The summed E-state index contributed by atoms with van der Waals surface area (Å²) < 4.78 is 20.2. The Bertz CT molecular complexity index is 1000. The van der Waals surface area contributed by atoms with Gasteiger partial charge in [-0.2, -0.15) is 0 Å². The highest BCUT2D eigenvalue weighted by molar-refractivity contribution is 7.98. The number of benzene rings is 2. The first-order valence-electron chi connectivity index (χ1n) is 9.47. The molecule has 3 aromatic rings. The average Bonchev–Trinajstić information content (AvgIpc) is 3.18. The number of carbonyl (C=O) groups excluding carboxylic acids is 1. The third kappa shape index (κ3) is 4.61. The molecule has 1 aromatic heterocycles. The molecule has 0 spiro atoms. The number of hydrogen-bond acceptors (Lipinski definition) is 6. The fourth-order valence-electron chi connectivity index (χ4n) is 3.32. The van der Waals surface area contributed by atoms with Crippen molar-refractivity contribution in [3.63, 3.8) is 0 Å². The number of hydrogen-bond donors (Lipinski definition) is 0. The van der Waals surface area contributed by atoms with Gasteiger partial charge in [0, 0.05) is 36.6 Å². The Morgan fingerprint density at radius 2 is 2.07 bits per heavy atom. The van der Waals surface area contributed by atoms with Crippen LogP contribution in [0, 0.1) is 5.82 Å². The van der Waals surface area contributed by atoms with Crippen molar-refractivity contribution in [3.8, 4) is 0 Å². The summed E-state index contributed by atoms with van der Waals surface area (Å²) in [4.78, 5) is 23.1. The predicted octanol–water partition coefficient (Wildman–Crippen LogP) is 4.14. The van der Waals surface area contributed by atoms with Crippen molar-refractivity contribution in [1.29, 1.82) is 0 Å². The molecular weight excluding hydrogens is 409 g/mol. The van der Waals surface area contributed by atoms with Crippen molar-refractivity contribution in [2.75, 3.05) is 50.5 Å². The van der Waals surface area contributed by atoms with Gasteiger partial charge in [0.25, 0.3) is 5.91 Å². The molecule has 1 aliphatic heterocycles. The van der Waals surface area contributed by atoms with Gasteiger partial charge >= 0.3 is 0 Å². The number of halogens is 1. The summed E-state index contributed by atoms with van der Waals surface area (Å²) in [5, 5.41) is 0.643. The highest BCUT2D eigenvalue weighted by Crippen LogP contribution is 2.34. The highest BCUT2D eigenvalue weighted by atomic mass is 32.2. The first-order valence-corrected chi connectivity index (χ1v) is 11.5. The van der Waals surface area contributed by atoms with Crippen LogP contribution in [-0.2, 0) is 4.74 Å². The third-order valence-electron chi connectivity index (χ3n) is 4.88. The molecule has 2 heterocycles. The van der Waals surface area contributed by atoms with Crippen LogP contribution in [0.4, 0.5) is 9.52 Å². The third-order valence-corrected chi connectivity index (χ3v) is 6.69. The second kappa shape index (κ2) is 9.21. The number of thiazole rings is 1. The largest absolute Gasteiger partial charge is 0.379 e. The summed E-state index contributed by atoms with van der Waals surface area (Å²) in [6.07, 6.45) is 2.02. The van der Waals surface area contributed by atoms with E-state index in [0.717, 1.165) is 34.7 Å². The van der Waals surface area contributed by atoms with E-state index in [4.69, 9.17) is 9.72 Å². The standard InChI is InChI=1S/C21H22FN3O2S2/c1-28-17-6-3-7-18-19(17)23-21(29-18)25(9-8-24-10-12-27-13-11-24)20(26)15-4-2-5-16(22)14-15/h2-7,14H,8-13H2,1H3. The number of rotatable bonds is 6. The number of morpholine rings is 1. The van der Waals surface area contributed by atoms with Crippen molar-refractivity contribution < 1.29 is 13.9 Å². The Balaban J connectivity index is 1.66. The smallest absolute Gasteiger partial charge is 0.260 e.